The molecule has 4 nitrogen and oxygen atoms in total. The maximum Gasteiger partial charge on any atom is 0.119 e. The van der Waals surface area contributed by atoms with E-state index in [1.165, 1.54) is 0 Å². The van der Waals surface area contributed by atoms with E-state index in [-0.39, 0.29) is 0 Å². The molecular formula is C17H17N3O. The van der Waals surface area contributed by atoms with Crippen LogP contribution in [0.4, 0.5) is 11.4 Å². The van der Waals surface area contributed by atoms with Gasteiger partial charge in [-0.15, -0.1) is 0 Å². The van der Waals surface area contributed by atoms with Crippen LogP contribution in [-0.4, -0.2) is 18.1 Å². The van der Waals surface area contributed by atoms with E-state index in [1.54, 1.807) is 6.20 Å². The molecular weight excluding hydrogens is 262 g/mol. The monoisotopic (exact) mass is 279 g/mol. The Labute approximate surface area is 123 Å². The molecule has 0 bridgehead atoms. The highest BCUT2D eigenvalue weighted by molar-refractivity contribution is 5.96. The van der Waals surface area contributed by atoms with Crippen LogP contribution in [0.1, 0.15) is 0 Å². The number of hydrogen-bond donors (Lipinski definition) is 2. The van der Waals surface area contributed by atoms with Crippen LogP contribution in [0.3, 0.4) is 0 Å². The summed E-state index contributed by atoms with van der Waals surface area (Å²) in [6, 6.07) is 17.5. The van der Waals surface area contributed by atoms with Crippen LogP contribution in [0.25, 0.3) is 10.9 Å². The Balaban J connectivity index is 1.62. The molecule has 0 aliphatic rings. The van der Waals surface area contributed by atoms with Crippen molar-refractivity contribution in [3.63, 3.8) is 0 Å². The van der Waals surface area contributed by atoms with Crippen molar-refractivity contribution in [3.05, 3.63) is 60.8 Å². The number of para-hydroxylation sites is 1. The molecule has 4 heteroatoms. The molecule has 0 atom stereocenters. The first-order valence-electron chi connectivity index (χ1n) is 6.89. The van der Waals surface area contributed by atoms with Gasteiger partial charge in [-0.2, -0.15) is 0 Å². The van der Waals surface area contributed by atoms with E-state index in [4.69, 9.17) is 10.5 Å². The molecule has 0 aliphatic carbocycles. The van der Waals surface area contributed by atoms with Crippen molar-refractivity contribution in [2.75, 3.05) is 24.2 Å². The lowest BCUT2D eigenvalue weighted by atomic mass is 10.1. The van der Waals surface area contributed by atoms with Crippen molar-refractivity contribution < 1.29 is 4.74 Å². The quantitative estimate of drug-likeness (QED) is 0.555. The summed E-state index contributed by atoms with van der Waals surface area (Å²) in [5.41, 5.74) is 8.70. The Bertz CT molecular complexity index is 728. The molecule has 0 unspecified atom stereocenters. The lowest BCUT2D eigenvalue weighted by Crippen LogP contribution is -2.12. The summed E-state index contributed by atoms with van der Waals surface area (Å²) < 4.78 is 5.64. The van der Waals surface area contributed by atoms with Gasteiger partial charge >= 0.3 is 0 Å². The topological polar surface area (TPSA) is 60.2 Å². The third-order valence-electron chi connectivity index (χ3n) is 3.26. The number of nitrogens with two attached hydrogens (primary N) is 1. The highest BCUT2D eigenvalue weighted by Gasteiger charge is 2.04. The van der Waals surface area contributed by atoms with Crippen LogP contribution in [0.15, 0.2) is 60.8 Å². The number of benzene rings is 2. The zero-order valence-electron chi connectivity index (χ0n) is 11.6. The average Bonchev–Trinajstić information content (AvgIpc) is 2.55. The number of anilines is 2. The molecule has 0 saturated carbocycles. The van der Waals surface area contributed by atoms with Crippen molar-refractivity contribution in [2.24, 2.45) is 0 Å². The molecule has 0 fully saturated rings. The average molecular weight is 279 g/mol. The fraction of sp³-hybridized carbons (Fsp3) is 0.118. The highest BCUT2D eigenvalue weighted by Crippen LogP contribution is 2.27. The zero-order chi connectivity index (χ0) is 14.5. The first-order valence-corrected chi connectivity index (χ1v) is 6.89. The Morgan fingerprint density at radius 1 is 1.00 bits per heavy atom. The second-order valence-corrected chi connectivity index (χ2v) is 4.69. The van der Waals surface area contributed by atoms with Crippen LogP contribution >= 0.6 is 0 Å². The van der Waals surface area contributed by atoms with E-state index >= 15 is 0 Å². The van der Waals surface area contributed by atoms with Crippen LogP contribution in [0.2, 0.25) is 0 Å². The van der Waals surface area contributed by atoms with Crippen LogP contribution in [0.5, 0.6) is 5.75 Å². The maximum atomic E-state index is 6.17. The van der Waals surface area contributed by atoms with Gasteiger partial charge in [0.1, 0.15) is 12.4 Å². The Hall–Kier alpha value is -2.75. The zero-order valence-corrected chi connectivity index (χ0v) is 11.6. The number of nitrogens with one attached hydrogen (secondary N) is 1. The van der Waals surface area contributed by atoms with Gasteiger partial charge in [0, 0.05) is 18.1 Å². The van der Waals surface area contributed by atoms with E-state index in [0.717, 1.165) is 28.0 Å². The molecule has 106 valence electrons. The fourth-order valence-corrected chi connectivity index (χ4v) is 2.20. The fourth-order valence-electron chi connectivity index (χ4n) is 2.20. The van der Waals surface area contributed by atoms with Gasteiger partial charge in [0.05, 0.1) is 16.9 Å². The number of pyridine rings is 1. The first-order chi connectivity index (χ1) is 10.3. The van der Waals surface area contributed by atoms with Crippen LogP contribution in [-0.2, 0) is 0 Å². The molecule has 0 spiro atoms. The first kappa shape index (κ1) is 13.2. The second-order valence-electron chi connectivity index (χ2n) is 4.69. The molecule has 0 radical (unpaired) electrons. The van der Waals surface area contributed by atoms with E-state index in [2.05, 4.69) is 10.3 Å². The summed E-state index contributed by atoms with van der Waals surface area (Å²) in [7, 11) is 0. The van der Waals surface area contributed by atoms with Crippen molar-refractivity contribution in [1.82, 2.24) is 4.98 Å². The van der Waals surface area contributed by atoms with Crippen LogP contribution < -0.4 is 15.8 Å². The number of rotatable bonds is 5. The summed E-state index contributed by atoms with van der Waals surface area (Å²) in [5.74, 6) is 0.870. The molecule has 1 heterocycles. The summed E-state index contributed by atoms with van der Waals surface area (Å²) in [5, 5.41) is 4.26. The third kappa shape index (κ3) is 3.05. The Kier molecular flexibility index (Phi) is 3.87. The molecule has 0 amide bonds. The standard InChI is InChI=1S/C17H17N3O/c18-17-14-7-4-10-19-15(14)8-9-16(17)20-11-12-21-13-5-2-1-3-6-13/h1-10,20H,11-12,18H2. The van der Waals surface area contributed by atoms with Gasteiger partial charge in [-0.25, -0.2) is 0 Å². The van der Waals surface area contributed by atoms with Gasteiger partial charge in [0.2, 0.25) is 0 Å². The van der Waals surface area contributed by atoms with Crippen molar-refractivity contribution >= 4 is 22.3 Å². The minimum Gasteiger partial charge on any atom is -0.492 e. The van der Waals surface area contributed by atoms with Crippen molar-refractivity contribution in [2.45, 2.75) is 0 Å². The second kappa shape index (κ2) is 6.13. The lowest BCUT2D eigenvalue weighted by molar-refractivity contribution is 0.333. The summed E-state index contributed by atoms with van der Waals surface area (Å²) in [6.07, 6.45) is 1.77. The van der Waals surface area contributed by atoms with E-state index in [0.29, 0.717) is 13.2 Å². The van der Waals surface area contributed by atoms with Gasteiger partial charge < -0.3 is 15.8 Å². The number of aromatic nitrogens is 1. The van der Waals surface area contributed by atoms with Crippen molar-refractivity contribution in [3.8, 4) is 5.75 Å². The summed E-state index contributed by atoms with van der Waals surface area (Å²) >= 11 is 0. The number of nitrogens with zero attached hydrogens (tertiary/aromatic N) is 1. The normalized spacial score (nSPS) is 10.5. The molecule has 3 N–H and O–H groups in total. The van der Waals surface area contributed by atoms with Gasteiger partial charge in [-0.05, 0) is 36.4 Å². The lowest BCUT2D eigenvalue weighted by Gasteiger charge is -2.12. The maximum absolute atomic E-state index is 6.17. The van der Waals surface area contributed by atoms with E-state index < -0.39 is 0 Å². The number of ether oxygens (including phenoxy) is 1. The smallest absolute Gasteiger partial charge is 0.119 e. The highest BCUT2D eigenvalue weighted by atomic mass is 16.5. The van der Waals surface area contributed by atoms with E-state index in [1.807, 2.05) is 54.6 Å². The number of nitrogen functional groups attached to an aromatic ring is 1. The Morgan fingerprint density at radius 2 is 1.86 bits per heavy atom. The molecule has 21 heavy (non-hydrogen) atoms. The minimum atomic E-state index is 0.578. The molecule has 0 saturated heterocycles. The predicted molar refractivity (Wildman–Crippen MR) is 86.6 cm³/mol. The molecule has 3 rings (SSSR count). The summed E-state index contributed by atoms with van der Waals surface area (Å²) in [6.45, 7) is 1.26. The summed E-state index contributed by atoms with van der Waals surface area (Å²) in [4.78, 5) is 4.29. The number of hydrogen-bond acceptors (Lipinski definition) is 4. The number of fused-ring (bicyclic) bond motifs is 1. The molecule has 2 aromatic carbocycles. The predicted octanol–water partition coefficient (Wildman–Crippen LogP) is 3.31. The third-order valence-corrected chi connectivity index (χ3v) is 3.26. The van der Waals surface area contributed by atoms with Gasteiger partial charge in [-0.3, -0.25) is 4.98 Å². The van der Waals surface area contributed by atoms with Crippen LogP contribution in [0, 0.1) is 0 Å². The van der Waals surface area contributed by atoms with Crippen molar-refractivity contribution in [1.29, 1.82) is 0 Å². The van der Waals surface area contributed by atoms with Gasteiger partial charge in [0.25, 0.3) is 0 Å². The largest absolute Gasteiger partial charge is 0.492 e. The van der Waals surface area contributed by atoms with E-state index in [9.17, 15) is 0 Å². The molecule has 1 aromatic heterocycles. The molecule has 3 aromatic rings. The van der Waals surface area contributed by atoms with Gasteiger partial charge in [0.15, 0.2) is 0 Å². The minimum absolute atomic E-state index is 0.578. The van der Waals surface area contributed by atoms with Gasteiger partial charge in [-0.1, -0.05) is 18.2 Å². The SMILES string of the molecule is Nc1c(NCCOc2ccccc2)ccc2ncccc12. The Morgan fingerprint density at radius 3 is 2.71 bits per heavy atom. The molecule has 0 aliphatic heterocycles.